The van der Waals surface area contributed by atoms with Crippen LogP contribution in [0.15, 0.2) is 29.3 Å². The normalized spacial score (nSPS) is 17.1. The van der Waals surface area contributed by atoms with Crippen molar-refractivity contribution in [2.45, 2.75) is 38.8 Å². The van der Waals surface area contributed by atoms with Gasteiger partial charge in [0.15, 0.2) is 5.96 Å². The molecule has 0 bridgehead atoms. The van der Waals surface area contributed by atoms with Gasteiger partial charge in [0.05, 0.1) is 12.1 Å². The summed E-state index contributed by atoms with van der Waals surface area (Å²) in [6, 6.07) is 8.38. The van der Waals surface area contributed by atoms with Crippen molar-refractivity contribution in [3.8, 4) is 0 Å². The summed E-state index contributed by atoms with van der Waals surface area (Å²) in [5.74, 6) is 0.829. The molecule has 6 heteroatoms. The van der Waals surface area contributed by atoms with Gasteiger partial charge in [-0.1, -0.05) is 24.3 Å². The molecule has 1 aliphatic rings. The summed E-state index contributed by atoms with van der Waals surface area (Å²) in [6.45, 7) is 7.41. The molecular formula is C18H30IN3O2. The van der Waals surface area contributed by atoms with Crippen LogP contribution in [0.4, 0.5) is 0 Å². The number of nitrogens with zero attached hydrogens (tertiary/aromatic N) is 2. The lowest BCUT2D eigenvalue weighted by molar-refractivity contribution is -0.0566. The van der Waals surface area contributed by atoms with Gasteiger partial charge in [-0.05, 0) is 25.0 Å². The van der Waals surface area contributed by atoms with E-state index in [9.17, 15) is 5.11 Å². The molecule has 1 aliphatic heterocycles. The van der Waals surface area contributed by atoms with E-state index in [2.05, 4.69) is 53.3 Å². The van der Waals surface area contributed by atoms with Crippen LogP contribution in [0.3, 0.4) is 0 Å². The molecule has 0 amide bonds. The first kappa shape index (κ1) is 21.2. The lowest BCUT2D eigenvalue weighted by Gasteiger charge is -2.31. The number of aryl methyl sites for hydroxylation is 1. The number of aliphatic hydroxyl groups is 1. The molecule has 1 aromatic carbocycles. The molecule has 0 aliphatic carbocycles. The quantitative estimate of drug-likeness (QED) is 0.414. The molecule has 136 valence electrons. The van der Waals surface area contributed by atoms with Crippen LogP contribution in [0.5, 0.6) is 0 Å². The van der Waals surface area contributed by atoms with Crippen LogP contribution in [-0.4, -0.2) is 54.9 Å². The first-order valence-corrected chi connectivity index (χ1v) is 8.38. The van der Waals surface area contributed by atoms with Gasteiger partial charge in [-0.15, -0.1) is 24.0 Å². The topological polar surface area (TPSA) is 57.1 Å². The Morgan fingerprint density at radius 2 is 2.00 bits per heavy atom. The number of aliphatic imine (C=N–C) groups is 1. The van der Waals surface area contributed by atoms with Crippen molar-refractivity contribution < 1.29 is 9.84 Å². The van der Waals surface area contributed by atoms with Gasteiger partial charge in [-0.3, -0.25) is 4.99 Å². The molecule has 0 radical (unpaired) electrons. The van der Waals surface area contributed by atoms with E-state index in [1.165, 1.54) is 11.1 Å². The SMILES string of the molecule is CCNC(=NCC1(O)CCOCC1)N(C)Cc1ccccc1C.I. The van der Waals surface area contributed by atoms with Crippen LogP contribution in [0.25, 0.3) is 0 Å². The van der Waals surface area contributed by atoms with E-state index in [1.807, 2.05) is 7.05 Å². The first-order valence-electron chi connectivity index (χ1n) is 8.38. The third kappa shape index (κ3) is 6.22. The van der Waals surface area contributed by atoms with Gasteiger partial charge >= 0.3 is 0 Å². The van der Waals surface area contributed by atoms with E-state index in [-0.39, 0.29) is 24.0 Å². The van der Waals surface area contributed by atoms with Gasteiger partial charge < -0.3 is 20.1 Å². The predicted molar refractivity (Wildman–Crippen MR) is 109 cm³/mol. The zero-order valence-electron chi connectivity index (χ0n) is 14.9. The van der Waals surface area contributed by atoms with Gasteiger partial charge in [0.25, 0.3) is 0 Å². The highest BCUT2D eigenvalue weighted by Crippen LogP contribution is 2.20. The van der Waals surface area contributed by atoms with Crippen molar-refractivity contribution in [3.63, 3.8) is 0 Å². The van der Waals surface area contributed by atoms with E-state index >= 15 is 0 Å². The summed E-state index contributed by atoms with van der Waals surface area (Å²) >= 11 is 0. The van der Waals surface area contributed by atoms with Crippen molar-refractivity contribution >= 4 is 29.9 Å². The van der Waals surface area contributed by atoms with E-state index in [1.54, 1.807) is 0 Å². The first-order chi connectivity index (χ1) is 11.0. The molecule has 0 unspecified atom stereocenters. The summed E-state index contributed by atoms with van der Waals surface area (Å²) in [5.41, 5.74) is 1.83. The van der Waals surface area contributed by atoms with Crippen molar-refractivity contribution in [2.24, 2.45) is 4.99 Å². The van der Waals surface area contributed by atoms with Crippen molar-refractivity contribution in [1.29, 1.82) is 0 Å². The Hall–Kier alpha value is -0.860. The lowest BCUT2D eigenvalue weighted by Crippen LogP contribution is -2.43. The van der Waals surface area contributed by atoms with Crippen molar-refractivity contribution in [1.82, 2.24) is 10.2 Å². The maximum absolute atomic E-state index is 10.6. The highest BCUT2D eigenvalue weighted by Gasteiger charge is 2.29. The van der Waals surface area contributed by atoms with Gasteiger partial charge in [-0.25, -0.2) is 0 Å². The second-order valence-electron chi connectivity index (χ2n) is 6.29. The fourth-order valence-corrected chi connectivity index (χ4v) is 2.72. The zero-order valence-corrected chi connectivity index (χ0v) is 17.2. The molecule has 1 fully saturated rings. The minimum absolute atomic E-state index is 0. The summed E-state index contributed by atoms with van der Waals surface area (Å²) in [6.07, 6.45) is 1.30. The summed E-state index contributed by atoms with van der Waals surface area (Å²) < 4.78 is 5.32. The molecule has 0 spiro atoms. The van der Waals surface area contributed by atoms with Gasteiger partial charge in [0, 0.05) is 46.2 Å². The number of guanidine groups is 1. The average molecular weight is 447 g/mol. The molecule has 2 rings (SSSR count). The van der Waals surface area contributed by atoms with Crippen LogP contribution in [0.2, 0.25) is 0 Å². The standard InChI is InChI=1S/C18H29N3O2.HI/c1-4-19-17(20-14-18(22)9-11-23-12-10-18)21(3)13-16-8-6-5-7-15(16)2;/h5-8,22H,4,9-14H2,1-3H3,(H,19,20);1H. The summed E-state index contributed by atoms with van der Waals surface area (Å²) in [5, 5.41) is 13.9. The zero-order chi connectivity index (χ0) is 16.7. The van der Waals surface area contributed by atoms with E-state index < -0.39 is 5.60 Å². The minimum atomic E-state index is -0.734. The molecule has 1 saturated heterocycles. The molecule has 1 aromatic rings. The lowest BCUT2D eigenvalue weighted by atomic mass is 9.95. The molecule has 1 heterocycles. The minimum Gasteiger partial charge on any atom is -0.388 e. The number of ether oxygens (including phenoxy) is 1. The Morgan fingerprint density at radius 1 is 1.33 bits per heavy atom. The van der Waals surface area contributed by atoms with Crippen LogP contribution >= 0.6 is 24.0 Å². The fraction of sp³-hybridized carbons (Fsp3) is 0.611. The second kappa shape index (κ2) is 10.2. The van der Waals surface area contributed by atoms with Gasteiger partial charge in [0.2, 0.25) is 0 Å². The summed E-state index contributed by atoms with van der Waals surface area (Å²) in [7, 11) is 2.03. The number of nitrogens with one attached hydrogen (secondary N) is 1. The monoisotopic (exact) mass is 447 g/mol. The Balaban J connectivity index is 0.00000288. The fourth-order valence-electron chi connectivity index (χ4n) is 2.72. The van der Waals surface area contributed by atoms with Crippen LogP contribution in [0.1, 0.15) is 30.9 Å². The largest absolute Gasteiger partial charge is 0.388 e. The highest BCUT2D eigenvalue weighted by atomic mass is 127. The van der Waals surface area contributed by atoms with E-state index in [4.69, 9.17) is 4.74 Å². The Bertz CT molecular complexity index is 531. The predicted octanol–water partition coefficient (Wildman–Crippen LogP) is 2.55. The maximum Gasteiger partial charge on any atom is 0.194 e. The number of hydrogen-bond acceptors (Lipinski definition) is 3. The summed E-state index contributed by atoms with van der Waals surface area (Å²) in [4.78, 5) is 6.77. The van der Waals surface area contributed by atoms with Crippen LogP contribution in [-0.2, 0) is 11.3 Å². The Kier molecular flexibility index (Phi) is 9.01. The molecular weight excluding hydrogens is 417 g/mol. The number of hydrogen-bond donors (Lipinski definition) is 2. The molecule has 0 atom stereocenters. The third-order valence-corrected chi connectivity index (χ3v) is 4.31. The highest BCUT2D eigenvalue weighted by molar-refractivity contribution is 14.0. The average Bonchev–Trinajstić information content (AvgIpc) is 2.54. The molecule has 0 saturated carbocycles. The van der Waals surface area contributed by atoms with E-state index in [0.29, 0.717) is 32.6 Å². The van der Waals surface area contributed by atoms with Gasteiger partial charge in [0.1, 0.15) is 0 Å². The number of benzene rings is 1. The van der Waals surface area contributed by atoms with Crippen molar-refractivity contribution in [2.75, 3.05) is 33.4 Å². The van der Waals surface area contributed by atoms with Gasteiger partial charge in [-0.2, -0.15) is 0 Å². The molecule has 2 N–H and O–H groups in total. The maximum atomic E-state index is 10.6. The Morgan fingerprint density at radius 3 is 2.62 bits per heavy atom. The smallest absolute Gasteiger partial charge is 0.194 e. The Labute approximate surface area is 162 Å². The van der Waals surface area contributed by atoms with E-state index in [0.717, 1.165) is 19.0 Å². The second-order valence-corrected chi connectivity index (χ2v) is 6.29. The molecule has 24 heavy (non-hydrogen) atoms. The number of halogens is 1. The van der Waals surface area contributed by atoms with Crippen molar-refractivity contribution in [3.05, 3.63) is 35.4 Å². The molecule has 5 nitrogen and oxygen atoms in total. The molecule has 0 aromatic heterocycles. The van der Waals surface area contributed by atoms with Crippen LogP contribution in [0, 0.1) is 6.92 Å². The van der Waals surface area contributed by atoms with Crippen LogP contribution < -0.4 is 5.32 Å². The number of rotatable bonds is 5. The third-order valence-electron chi connectivity index (χ3n) is 4.31.